The molecule has 0 saturated carbocycles. The van der Waals surface area contributed by atoms with Gasteiger partial charge in [0.05, 0.1) is 23.5 Å². The minimum atomic E-state index is -0.519. The summed E-state index contributed by atoms with van der Waals surface area (Å²) in [6.07, 6.45) is 5.21. The fourth-order valence-corrected chi connectivity index (χ4v) is 1.63. The van der Waals surface area contributed by atoms with Crippen LogP contribution in [0.5, 0.6) is 0 Å². The van der Waals surface area contributed by atoms with Crippen molar-refractivity contribution in [2.75, 3.05) is 6.54 Å². The van der Waals surface area contributed by atoms with E-state index in [1.54, 1.807) is 0 Å². The van der Waals surface area contributed by atoms with Crippen LogP contribution in [-0.4, -0.2) is 24.3 Å². The Kier molecular flexibility index (Phi) is 6.88. The van der Waals surface area contributed by atoms with Gasteiger partial charge in [-0.15, -0.1) is 0 Å². The number of carbonyl (C=O) groups excluding carboxylic acids is 1. The van der Waals surface area contributed by atoms with E-state index in [1.165, 1.54) is 37.5 Å². The number of halogens is 1. The van der Waals surface area contributed by atoms with Crippen molar-refractivity contribution < 1.29 is 9.18 Å². The molecule has 0 aliphatic heterocycles. The second-order valence-electron chi connectivity index (χ2n) is 4.38. The SMILES string of the molecule is CC(=O)c1cc(F)ccc1N=C(C=CN)CN=CC(C#N)=CN. The molecule has 0 saturated heterocycles. The number of rotatable bonds is 6. The Balaban J connectivity index is 3.14. The van der Waals surface area contributed by atoms with Crippen LogP contribution in [-0.2, 0) is 0 Å². The lowest BCUT2D eigenvalue weighted by Crippen LogP contribution is -2.02. The monoisotopic (exact) mass is 313 g/mol. The van der Waals surface area contributed by atoms with E-state index in [0.717, 1.165) is 12.3 Å². The molecule has 0 fully saturated rings. The molecular weight excluding hydrogens is 297 g/mol. The van der Waals surface area contributed by atoms with Crippen LogP contribution in [0.25, 0.3) is 0 Å². The number of nitrogens with zero attached hydrogens (tertiary/aromatic N) is 3. The van der Waals surface area contributed by atoms with Gasteiger partial charge in [0.2, 0.25) is 0 Å². The van der Waals surface area contributed by atoms with E-state index in [2.05, 4.69) is 9.98 Å². The van der Waals surface area contributed by atoms with Crippen molar-refractivity contribution in [3.8, 4) is 6.07 Å². The van der Waals surface area contributed by atoms with E-state index in [0.29, 0.717) is 11.4 Å². The molecule has 0 atom stereocenters. The van der Waals surface area contributed by atoms with Gasteiger partial charge in [-0.1, -0.05) is 0 Å². The molecular formula is C16H16FN5O. The first-order chi connectivity index (χ1) is 11.0. The molecule has 0 bridgehead atoms. The maximum absolute atomic E-state index is 13.3. The van der Waals surface area contributed by atoms with Crippen molar-refractivity contribution in [3.63, 3.8) is 0 Å². The minimum absolute atomic E-state index is 0.113. The van der Waals surface area contributed by atoms with Crippen LogP contribution >= 0.6 is 0 Å². The summed E-state index contributed by atoms with van der Waals surface area (Å²) in [7, 11) is 0. The van der Waals surface area contributed by atoms with Crippen molar-refractivity contribution in [3.05, 3.63) is 53.6 Å². The zero-order valence-electron chi connectivity index (χ0n) is 12.5. The smallest absolute Gasteiger partial charge is 0.162 e. The van der Waals surface area contributed by atoms with Crippen LogP contribution in [0, 0.1) is 17.1 Å². The molecule has 1 aromatic rings. The van der Waals surface area contributed by atoms with Crippen LogP contribution < -0.4 is 11.5 Å². The quantitative estimate of drug-likeness (QED) is 0.474. The van der Waals surface area contributed by atoms with Crippen LogP contribution in [0.4, 0.5) is 10.1 Å². The van der Waals surface area contributed by atoms with E-state index >= 15 is 0 Å². The van der Waals surface area contributed by atoms with Gasteiger partial charge in [0.1, 0.15) is 11.9 Å². The highest BCUT2D eigenvalue weighted by atomic mass is 19.1. The molecule has 0 amide bonds. The third kappa shape index (κ3) is 5.55. The number of aliphatic imine (C=N–C) groups is 2. The van der Waals surface area contributed by atoms with Gasteiger partial charge in [-0.3, -0.25) is 14.8 Å². The van der Waals surface area contributed by atoms with Crippen molar-refractivity contribution in [2.24, 2.45) is 21.5 Å². The molecule has 6 nitrogen and oxygen atoms in total. The first kappa shape index (κ1) is 17.8. The summed E-state index contributed by atoms with van der Waals surface area (Å²) >= 11 is 0. The zero-order chi connectivity index (χ0) is 17.2. The summed E-state index contributed by atoms with van der Waals surface area (Å²) in [5.74, 6) is -0.824. The van der Waals surface area contributed by atoms with Crippen molar-refractivity contribution in [2.45, 2.75) is 6.92 Å². The molecule has 0 aliphatic carbocycles. The first-order valence-electron chi connectivity index (χ1n) is 6.60. The van der Waals surface area contributed by atoms with Gasteiger partial charge >= 0.3 is 0 Å². The van der Waals surface area contributed by atoms with Crippen LogP contribution in [0.15, 0.2) is 52.2 Å². The van der Waals surface area contributed by atoms with Crippen molar-refractivity contribution in [1.82, 2.24) is 0 Å². The summed E-state index contributed by atoms with van der Waals surface area (Å²) in [6, 6.07) is 5.59. The second kappa shape index (κ2) is 8.89. The van der Waals surface area contributed by atoms with E-state index < -0.39 is 5.82 Å². The van der Waals surface area contributed by atoms with Gasteiger partial charge in [0, 0.05) is 18.0 Å². The third-order valence-electron chi connectivity index (χ3n) is 2.68. The van der Waals surface area contributed by atoms with Crippen molar-refractivity contribution in [1.29, 1.82) is 5.26 Å². The summed E-state index contributed by atoms with van der Waals surface area (Å²) in [4.78, 5) is 19.9. The normalized spacial score (nSPS) is 12.7. The molecule has 118 valence electrons. The highest BCUT2D eigenvalue weighted by Crippen LogP contribution is 2.21. The molecule has 1 aromatic carbocycles. The minimum Gasteiger partial charge on any atom is -0.405 e. The van der Waals surface area contributed by atoms with Gasteiger partial charge < -0.3 is 11.5 Å². The standard InChI is InChI=1S/C16H16FN5O/c1-11(23)15-6-13(17)2-3-16(15)22-14(4-5-18)10-21-9-12(7-19)8-20/h2-7,9H,10,18-19H2,1H3. The number of nitrogens with two attached hydrogens (primary N) is 2. The molecule has 0 heterocycles. The molecule has 1 rings (SSSR count). The Morgan fingerprint density at radius 2 is 2.17 bits per heavy atom. The van der Waals surface area contributed by atoms with Gasteiger partial charge in [-0.2, -0.15) is 5.26 Å². The fourth-order valence-electron chi connectivity index (χ4n) is 1.63. The third-order valence-corrected chi connectivity index (χ3v) is 2.68. The van der Waals surface area contributed by atoms with E-state index in [1.807, 2.05) is 6.07 Å². The van der Waals surface area contributed by atoms with Gasteiger partial charge in [-0.05, 0) is 37.4 Å². The first-order valence-corrected chi connectivity index (χ1v) is 6.60. The summed E-state index contributed by atoms with van der Waals surface area (Å²) < 4.78 is 13.3. The Morgan fingerprint density at radius 3 is 2.74 bits per heavy atom. The zero-order valence-corrected chi connectivity index (χ0v) is 12.5. The fraction of sp³-hybridized carbons (Fsp3) is 0.125. The van der Waals surface area contributed by atoms with Gasteiger partial charge in [-0.25, -0.2) is 4.39 Å². The number of carbonyl (C=O) groups is 1. The maximum Gasteiger partial charge on any atom is 0.162 e. The molecule has 0 radical (unpaired) electrons. The lowest BCUT2D eigenvalue weighted by atomic mass is 10.1. The topological polar surface area (TPSA) is 118 Å². The number of hydrogen-bond donors (Lipinski definition) is 2. The lowest BCUT2D eigenvalue weighted by molar-refractivity contribution is 0.101. The Labute approximate surface area is 133 Å². The van der Waals surface area contributed by atoms with E-state index in [-0.39, 0.29) is 23.5 Å². The highest BCUT2D eigenvalue weighted by molar-refractivity contribution is 6.03. The predicted molar refractivity (Wildman–Crippen MR) is 88.1 cm³/mol. The number of benzene rings is 1. The Morgan fingerprint density at radius 1 is 1.43 bits per heavy atom. The van der Waals surface area contributed by atoms with Crippen LogP contribution in [0.2, 0.25) is 0 Å². The largest absolute Gasteiger partial charge is 0.405 e. The predicted octanol–water partition coefficient (Wildman–Crippen LogP) is 2.01. The molecule has 7 heteroatoms. The molecule has 0 aromatic heterocycles. The summed E-state index contributed by atoms with van der Waals surface area (Å²) in [5.41, 5.74) is 11.7. The van der Waals surface area contributed by atoms with Crippen LogP contribution in [0.1, 0.15) is 17.3 Å². The van der Waals surface area contributed by atoms with E-state index in [9.17, 15) is 9.18 Å². The maximum atomic E-state index is 13.3. The van der Waals surface area contributed by atoms with E-state index in [4.69, 9.17) is 16.7 Å². The van der Waals surface area contributed by atoms with Gasteiger partial charge in [0.15, 0.2) is 5.78 Å². The molecule has 0 spiro atoms. The second-order valence-corrected chi connectivity index (χ2v) is 4.38. The average molecular weight is 313 g/mol. The Bertz CT molecular complexity index is 741. The number of allylic oxidation sites excluding steroid dienone is 1. The lowest BCUT2D eigenvalue weighted by Gasteiger charge is -2.04. The number of ketones is 1. The highest BCUT2D eigenvalue weighted by Gasteiger charge is 2.08. The molecule has 0 unspecified atom stereocenters. The van der Waals surface area contributed by atoms with Gasteiger partial charge in [0.25, 0.3) is 0 Å². The van der Waals surface area contributed by atoms with Crippen molar-refractivity contribution >= 4 is 23.4 Å². The molecule has 4 N–H and O–H groups in total. The number of nitriles is 1. The number of Topliss-reactive ketones (excluding diaryl/α,β-unsaturated/α-hetero) is 1. The summed E-state index contributed by atoms with van der Waals surface area (Å²) in [5, 5.41) is 8.73. The molecule has 23 heavy (non-hydrogen) atoms. The van der Waals surface area contributed by atoms with Crippen LogP contribution in [0.3, 0.4) is 0 Å². The Hall–Kier alpha value is -3.27. The number of hydrogen-bond acceptors (Lipinski definition) is 6. The average Bonchev–Trinajstić information content (AvgIpc) is 2.53. The molecule has 0 aliphatic rings. The summed E-state index contributed by atoms with van der Waals surface area (Å²) in [6.45, 7) is 1.44.